The number of hydrogen-bond donors (Lipinski definition) is 3. The van der Waals surface area contributed by atoms with Crippen LogP contribution in [-0.2, 0) is 0 Å². The maximum Gasteiger partial charge on any atom is 0.292 e. The van der Waals surface area contributed by atoms with E-state index in [2.05, 4.69) is 30.2 Å². The highest BCUT2D eigenvalue weighted by atomic mass is 19.1. The summed E-state index contributed by atoms with van der Waals surface area (Å²) in [4.78, 5) is 43.0. The van der Waals surface area contributed by atoms with Gasteiger partial charge in [0.2, 0.25) is 5.82 Å². The van der Waals surface area contributed by atoms with Crippen LogP contribution in [0.15, 0.2) is 36.9 Å². The number of anilines is 1. The summed E-state index contributed by atoms with van der Waals surface area (Å²) in [6.45, 7) is 3.32. The van der Waals surface area contributed by atoms with Crippen molar-refractivity contribution in [3.05, 3.63) is 65.5 Å². The number of nitrogens with one attached hydrogen (secondary N) is 2. The van der Waals surface area contributed by atoms with E-state index in [1.807, 2.05) is 11.8 Å². The number of halogens is 1. The number of hydrogen-bond acceptors (Lipinski definition) is 8. The van der Waals surface area contributed by atoms with Gasteiger partial charge in [0.05, 0.1) is 23.0 Å². The molecule has 0 aliphatic carbocycles. The van der Waals surface area contributed by atoms with Crippen LogP contribution in [0.3, 0.4) is 0 Å². The van der Waals surface area contributed by atoms with Gasteiger partial charge in [-0.3, -0.25) is 9.59 Å². The number of aromatic amines is 2. The molecule has 0 spiro atoms. The molecule has 13 heteroatoms. The zero-order chi connectivity index (χ0) is 28.4. The number of carbonyl (C=O) groups excluding carboxylic acids is 2. The minimum Gasteiger partial charge on any atom is -0.383 e. The van der Waals surface area contributed by atoms with Crippen LogP contribution in [0.1, 0.15) is 70.9 Å². The Hall–Kier alpha value is -4.94. The molecule has 208 valence electrons. The average Bonchev–Trinajstić information content (AvgIpc) is 3.75. The molecular weight excluding hydrogens is 527 g/mol. The predicted molar refractivity (Wildman–Crippen MR) is 146 cm³/mol. The molecule has 5 aromatic rings. The first-order valence-electron chi connectivity index (χ1n) is 13.5. The highest BCUT2D eigenvalue weighted by molar-refractivity contribution is 6.00. The van der Waals surface area contributed by atoms with Crippen molar-refractivity contribution in [1.82, 2.24) is 44.6 Å². The van der Waals surface area contributed by atoms with E-state index in [4.69, 9.17) is 10.7 Å². The highest BCUT2D eigenvalue weighted by Gasteiger charge is 2.45. The molecule has 2 fully saturated rings. The molecule has 2 bridgehead atoms. The minimum atomic E-state index is -0.440. The van der Waals surface area contributed by atoms with Crippen molar-refractivity contribution < 1.29 is 14.0 Å². The van der Waals surface area contributed by atoms with Crippen molar-refractivity contribution in [2.24, 2.45) is 0 Å². The quantitative estimate of drug-likeness (QED) is 0.277. The number of Topliss-reactive ketones (excluding diaryl/α,β-unsaturated/α-hetero) is 1. The molecule has 0 radical (unpaired) electrons. The average molecular weight is 555 g/mol. The number of aromatic nitrogens is 8. The summed E-state index contributed by atoms with van der Waals surface area (Å²) in [6.07, 6.45) is 7.60. The Morgan fingerprint density at radius 2 is 1.90 bits per heavy atom. The Morgan fingerprint density at radius 1 is 1.12 bits per heavy atom. The minimum absolute atomic E-state index is 0.0216. The van der Waals surface area contributed by atoms with Gasteiger partial charge in [0.25, 0.3) is 5.91 Å². The molecule has 4 aromatic heterocycles. The first-order valence-corrected chi connectivity index (χ1v) is 13.5. The zero-order valence-electron chi connectivity index (χ0n) is 22.4. The number of imidazole rings is 1. The number of carbonyl (C=O) groups is 2. The molecule has 2 aliphatic heterocycles. The zero-order valence-corrected chi connectivity index (χ0v) is 22.4. The number of nitrogens with two attached hydrogens (primary N) is 1. The van der Waals surface area contributed by atoms with E-state index in [-0.39, 0.29) is 41.3 Å². The summed E-state index contributed by atoms with van der Waals surface area (Å²) in [5.41, 5.74) is 10.3. The number of rotatable bonds is 5. The molecule has 1 aromatic carbocycles. The molecule has 7 rings (SSSR count). The molecule has 6 heterocycles. The van der Waals surface area contributed by atoms with Gasteiger partial charge in [0.15, 0.2) is 11.4 Å². The number of fused-ring (bicyclic) bond motifs is 3. The Kier molecular flexibility index (Phi) is 5.70. The van der Waals surface area contributed by atoms with Crippen LogP contribution in [0.25, 0.3) is 28.2 Å². The topological polar surface area (TPSA) is 164 Å². The monoisotopic (exact) mass is 554 g/mol. The maximum atomic E-state index is 15.2. The lowest BCUT2D eigenvalue weighted by atomic mass is 9.85. The lowest BCUT2D eigenvalue weighted by molar-refractivity contribution is 0.0556. The fourth-order valence-electron chi connectivity index (χ4n) is 6.48. The number of H-pyrrole nitrogens is 2. The first kappa shape index (κ1) is 25.1. The van der Waals surface area contributed by atoms with E-state index in [1.54, 1.807) is 24.5 Å². The Labute approximate surface area is 233 Å². The van der Waals surface area contributed by atoms with Crippen LogP contribution in [0.5, 0.6) is 0 Å². The number of nitrogens with zero attached hydrogens (tertiary/aromatic N) is 7. The van der Waals surface area contributed by atoms with E-state index in [0.29, 0.717) is 52.3 Å². The molecule has 2 aliphatic rings. The van der Waals surface area contributed by atoms with Crippen molar-refractivity contribution in [1.29, 1.82) is 0 Å². The van der Waals surface area contributed by atoms with Crippen LogP contribution in [0.4, 0.5) is 10.2 Å². The Balaban J connectivity index is 1.28. The van der Waals surface area contributed by atoms with Crippen LogP contribution in [0, 0.1) is 12.7 Å². The summed E-state index contributed by atoms with van der Waals surface area (Å²) >= 11 is 0. The van der Waals surface area contributed by atoms with Gasteiger partial charge in [-0.15, -0.1) is 10.2 Å². The van der Waals surface area contributed by atoms with Crippen molar-refractivity contribution in [3.63, 3.8) is 0 Å². The fourth-order valence-corrected chi connectivity index (χ4v) is 6.48. The molecule has 12 nitrogen and oxygen atoms in total. The summed E-state index contributed by atoms with van der Waals surface area (Å²) in [5, 5.41) is 12.1. The van der Waals surface area contributed by atoms with Crippen LogP contribution < -0.4 is 5.73 Å². The highest BCUT2D eigenvalue weighted by Crippen LogP contribution is 2.45. The third kappa shape index (κ3) is 3.99. The van der Waals surface area contributed by atoms with E-state index < -0.39 is 5.82 Å². The second kappa shape index (κ2) is 9.32. The fraction of sp³-hybridized carbons (Fsp3) is 0.321. The normalized spacial score (nSPS) is 20.2. The van der Waals surface area contributed by atoms with Gasteiger partial charge in [-0.2, -0.15) is 9.61 Å². The number of nitrogen functional groups attached to an aromatic ring is 1. The van der Waals surface area contributed by atoms with Gasteiger partial charge in [-0.05, 0) is 57.2 Å². The van der Waals surface area contributed by atoms with E-state index >= 15 is 4.39 Å². The molecule has 0 unspecified atom stereocenters. The van der Waals surface area contributed by atoms with Gasteiger partial charge in [-0.25, -0.2) is 14.4 Å². The van der Waals surface area contributed by atoms with Crippen molar-refractivity contribution in [3.8, 4) is 22.5 Å². The van der Waals surface area contributed by atoms with E-state index in [0.717, 1.165) is 18.5 Å². The predicted octanol–water partition coefficient (Wildman–Crippen LogP) is 3.69. The molecule has 1 amide bonds. The Bertz CT molecular complexity index is 1810. The Morgan fingerprint density at radius 3 is 2.54 bits per heavy atom. The number of aryl methyl sites for hydroxylation is 1. The third-order valence-electron chi connectivity index (χ3n) is 8.27. The van der Waals surface area contributed by atoms with Gasteiger partial charge < -0.3 is 20.6 Å². The smallest absolute Gasteiger partial charge is 0.292 e. The third-order valence-corrected chi connectivity index (χ3v) is 8.27. The van der Waals surface area contributed by atoms with Gasteiger partial charge in [0, 0.05) is 35.5 Å². The lowest BCUT2D eigenvalue weighted by Gasteiger charge is -2.38. The molecular formula is C28H27FN10O2. The van der Waals surface area contributed by atoms with Gasteiger partial charge in [-0.1, -0.05) is 6.07 Å². The second-order valence-corrected chi connectivity index (χ2v) is 10.8. The van der Waals surface area contributed by atoms with Gasteiger partial charge in [0.1, 0.15) is 23.8 Å². The van der Waals surface area contributed by atoms with Crippen LogP contribution >= 0.6 is 0 Å². The number of benzene rings is 1. The molecule has 4 N–H and O–H groups in total. The van der Waals surface area contributed by atoms with E-state index in [1.165, 1.54) is 23.8 Å². The van der Waals surface area contributed by atoms with Crippen LogP contribution in [-0.4, -0.2) is 68.4 Å². The van der Waals surface area contributed by atoms with Gasteiger partial charge >= 0.3 is 0 Å². The van der Waals surface area contributed by atoms with E-state index in [9.17, 15) is 9.59 Å². The molecule has 41 heavy (non-hydrogen) atoms. The first-order chi connectivity index (χ1) is 19.8. The SMILES string of the molecule is CC(=O)c1c([C@@H]2C[C@H]3CC[C@@H](C2)N3C(=O)c2nnc[nH]2)nc2c(-c3ccc(-c4ncc(C)[nH]4)c(F)c3)cnn2c1N. The molecule has 3 atom stereocenters. The second-order valence-electron chi connectivity index (χ2n) is 10.8. The van der Waals surface area contributed by atoms with Crippen molar-refractivity contribution in [2.75, 3.05) is 5.73 Å². The van der Waals surface area contributed by atoms with Crippen LogP contribution in [0.2, 0.25) is 0 Å². The van der Waals surface area contributed by atoms with Crippen molar-refractivity contribution >= 4 is 23.2 Å². The number of amides is 1. The largest absolute Gasteiger partial charge is 0.383 e. The lowest BCUT2D eigenvalue weighted by Crippen LogP contribution is -2.46. The summed E-state index contributed by atoms with van der Waals surface area (Å²) in [7, 11) is 0. The summed E-state index contributed by atoms with van der Waals surface area (Å²) < 4.78 is 16.7. The molecule has 0 saturated carbocycles. The molecule has 2 saturated heterocycles. The summed E-state index contributed by atoms with van der Waals surface area (Å²) in [6, 6.07) is 4.84. The maximum absolute atomic E-state index is 15.2. The number of ketones is 1. The van der Waals surface area contributed by atoms with Crippen molar-refractivity contribution in [2.45, 2.75) is 57.5 Å². The standard InChI is InChI=1S/C28H27FN10O2/c1-13-10-31-25(35-13)19-6-3-15(9-21(19)29)20-11-34-39-24(30)22(14(2)40)23(36-27(20)39)16-7-17-4-5-18(8-16)38(17)28(41)26-32-12-33-37-26/h3,6,9-12,16-18H,4-5,7-8,30H2,1-2H3,(H,31,35)(H,32,33,37)/t16-,17-,18+. The number of piperidine rings is 1. The summed E-state index contributed by atoms with van der Waals surface area (Å²) in [5.74, 6) is -0.0501.